The highest BCUT2D eigenvalue weighted by molar-refractivity contribution is 6.20. The van der Waals surface area contributed by atoms with E-state index < -0.39 is 5.91 Å². The summed E-state index contributed by atoms with van der Waals surface area (Å²) in [4.78, 5) is 29.8. The van der Waals surface area contributed by atoms with Gasteiger partial charge in [0.2, 0.25) is 0 Å². The van der Waals surface area contributed by atoms with Crippen LogP contribution in [0.1, 0.15) is 59.7 Å². The highest BCUT2D eigenvalue weighted by Crippen LogP contribution is 2.30. The zero-order valence-electron chi connectivity index (χ0n) is 17.9. The van der Waals surface area contributed by atoms with E-state index in [9.17, 15) is 14.9 Å². The molecular formula is C25H26N4O2. The van der Waals surface area contributed by atoms with Crippen LogP contribution in [0.25, 0.3) is 5.70 Å². The smallest absolute Gasteiger partial charge is 0.264 e. The topological polar surface area (TPSA) is 94.3 Å². The number of hydrogen-bond donors (Lipinski definition) is 2. The summed E-state index contributed by atoms with van der Waals surface area (Å²) in [6.07, 6.45) is 4.13. The molecule has 0 saturated heterocycles. The molecule has 1 heterocycles. The number of unbranched alkanes of at least 4 members (excludes halogenated alkanes) is 3. The Morgan fingerprint density at radius 2 is 1.71 bits per heavy atom. The zero-order valence-corrected chi connectivity index (χ0v) is 17.9. The molecule has 6 heteroatoms. The van der Waals surface area contributed by atoms with Crippen LogP contribution in [-0.4, -0.2) is 24.2 Å². The molecule has 31 heavy (non-hydrogen) atoms. The van der Waals surface area contributed by atoms with Gasteiger partial charge in [-0.3, -0.25) is 9.59 Å². The van der Waals surface area contributed by atoms with Gasteiger partial charge in [-0.2, -0.15) is 5.26 Å². The Kier molecular flexibility index (Phi) is 7.34. The average molecular weight is 415 g/mol. The lowest BCUT2D eigenvalue weighted by Crippen LogP contribution is -2.30. The molecule has 0 unspecified atom stereocenters. The molecule has 6 nitrogen and oxygen atoms in total. The summed E-state index contributed by atoms with van der Waals surface area (Å²) in [7, 11) is 0. The molecule has 0 atom stereocenters. The Hall–Kier alpha value is -3.72. The molecule has 1 aliphatic heterocycles. The first-order chi connectivity index (χ1) is 15.0. The number of amides is 2. The molecule has 2 aromatic rings. The van der Waals surface area contributed by atoms with Gasteiger partial charge in [0.05, 0.1) is 5.70 Å². The van der Waals surface area contributed by atoms with Crippen molar-refractivity contribution in [2.45, 2.75) is 39.5 Å². The average Bonchev–Trinajstić information content (AvgIpc) is 3.13. The van der Waals surface area contributed by atoms with Gasteiger partial charge in [0, 0.05) is 23.2 Å². The molecular weight excluding hydrogens is 388 g/mol. The summed E-state index contributed by atoms with van der Waals surface area (Å²) in [6.45, 7) is 4.59. The molecule has 0 aliphatic carbocycles. The first-order valence-electron chi connectivity index (χ1n) is 10.5. The number of hydrogen-bond acceptors (Lipinski definition) is 4. The fraction of sp³-hybridized carbons (Fsp3) is 0.280. The SMILES string of the molecule is CCCCCCNC(=O)C(C#N)=C1N=C(NC(=O)c2ccc(C)cc2)c2ccccc21. The Balaban J connectivity index is 1.85. The minimum Gasteiger partial charge on any atom is -0.351 e. The first-order valence-corrected chi connectivity index (χ1v) is 10.5. The predicted octanol–water partition coefficient (Wildman–Crippen LogP) is 4.12. The van der Waals surface area contributed by atoms with Gasteiger partial charge in [-0.1, -0.05) is 68.1 Å². The third-order valence-electron chi connectivity index (χ3n) is 5.10. The standard InChI is InChI=1S/C25H26N4O2/c1-3-4-5-8-15-27-25(31)21(16-26)22-19-9-6-7-10-20(19)23(28-22)29-24(30)18-13-11-17(2)12-14-18/h6-7,9-14H,3-5,8,15H2,1-2H3,(H,27,31)(H,28,29,30). The molecule has 0 fully saturated rings. The summed E-state index contributed by atoms with van der Waals surface area (Å²) in [5.74, 6) is -0.410. The quantitative estimate of drug-likeness (QED) is 0.405. The maximum absolute atomic E-state index is 12.7. The molecule has 2 N–H and O–H groups in total. The van der Waals surface area contributed by atoms with Crippen LogP contribution >= 0.6 is 0 Å². The van der Waals surface area contributed by atoms with E-state index in [0.717, 1.165) is 31.2 Å². The monoisotopic (exact) mass is 414 g/mol. The van der Waals surface area contributed by atoms with Gasteiger partial charge in [-0.15, -0.1) is 0 Å². The van der Waals surface area contributed by atoms with Crippen molar-refractivity contribution in [3.05, 3.63) is 76.4 Å². The zero-order chi connectivity index (χ0) is 22.2. The first kappa shape index (κ1) is 22.0. The van der Waals surface area contributed by atoms with Crippen LogP contribution in [0.15, 0.2) is 59.1 Å². The molecule has 0 saturated carbocycles. The molecule has 1 aliphatic rings. The van der Waals surface area contributed by atoms with Gasteiger partial charge in [0.25, 0.3) is 11.8 Å². The molecule has 0 aromatic heterocycles. The molecule has 3 rings (SSSR count). The lowest BCUT2D eigenvalue weighted by Gasteiger charge is -2.06. The number of fused-ring (bicyclic) bond motifs is 1. The van der Waals surface area contributed by atoms with Crippen molar-refractivity contribution in [1.82, 2.24) is 10.6 Å². The summed E-state index contributed by atoms with van der Waals surface area (Å²) >= 11 is 0. The number of rotatable bonds is 7. The van der Waals surface area contributed by atoms with E-state index in [-0.39, 0.29) is 17.2 Å². The van der Waals surface area contributed by atoms with Crippen molar-refractivity contribution < 1.29 is 9.59 Å². The van der Waals surface area contributed by atoms with E-state index >= 15 is 0 Å². The van der Waals surface area contributed by atoms with Crippen LogP contribution in [0.3, 0.4) is 0 Å². The molecule has 0 spiro atoms. The van der Waals surface area contributed by atoms with E-state index in [0.29, 0.717) is 29.1 Å². The van der Waals surface area contributed by atoms with Crippen LogP contribution in [-0.2, 0) is 4.79 Å². The second-order valence-electron chi connectivity index (χ2n) is 7.48. The largest absolute Gasteiger partial charge is 0.351 e. The summed E-state index contributed by atoms with van der Waals surface area (Å²) in [6, 6.07) is 16.5. The number of aliphatic imine (C=N–C) groups is 1. The van der Waals surface area contributed by atoms with Gasteiger partial charge in [-0.05, 0) is 25.5 Å². The molecule has 0 radical (unpaired) electrons. The van der Waals surface area contributed by atoms with Crippen molar-refractivity contribution >= 4 is 23.3 Å². The second kappa shape index (κ2) is 10.4. The number of carbonyl (C=O) groups is 2. The van der Waals surface area contributed by atoms with Crippen LogP contribution in [0.4, 0.5) is 0 Å². The third kappa shape index (κ3) is 5.26. The molecule has 2 amide bonds. The lowest BCUT2D eigenvalue weighted by molar-refractivity contribution is -0.117. The summed E-state index contributed by atoms with van der Waals surface area (Å²) in [5, 5.41) is 15.3. The third-order valence-corrected chi connectivity index (χ3v) is 5.10. The fourth-order valence-corrected chi connectivity index (χ4v) is 3.35. The Morgan fingerprint density at radius 3 is 2.39 bits per heavy atom. The van der Waals surface area contributed by atoms with Gasteiger partial charge in [0.15, 0.2) is 0 Å². The number of aryl methyl sites for hydroxylation is 1. The number of nitrogens with zero attached hydrogens (tertiary/aromatic N) is 2. The Bertz CT molecular complexity index is 1080. The molecule has 2 aromatic carbocycles. The lowest BCUT2D eigenvalue weighted by atomic mass is 10.0. The van der Waals surface area contributed by atoms with E-state index in [1.54, 1.807) is 18.2 Å². The van der Waals surface area contributed by atoms with Crippen molar-refractivity contribution in [3.8, 4) is 6.07 Å². The normalized spacial score (nSPS) is 13.6. The van der Waals surface area contributed by atoms with Crippen LogP contribution in [0, 0.1) is 18.3 Å². The van der Waals surface area contributed by atoms with Crippen molar-refractivity contribution in [2.75, 3.05) is 6.54 Å². The Labute approximate surface area is 182 Å². The van der Waals surface area contributed by atoms with E-state index in [2.05, 4.69) is 22.5 Å². The van der Waals surface area contributed by atoms with Crippen molar-refractivity contribution in [2.24, 2.45) is 4.99 Å². The predicted molar refractivity (Wildman–Crippen MR) is 121 cm³/mol. The Morgan fingerprint density at radius 1 is 1.00 bits per heavy atom. The minimum absolute atomic E-state index is 0.0532. The van der Waals surface area contributed by atoms with E-state index in [1.807, 2.05) is 43.3 Å². The molecule has 158 valence electrons. The number of amidine groups is 1. The van der Waals surface area contributed by atoms with E-state index in [1.165, 1.54) is 0 Å². The van der Waals surface area contributed by atoms with Gasteiger partial charge in [0.1, 0.15) is 17.5 Å². The van der Waals surface area contributed by atoms with Crippen LogP contribution < -0.4 is 10.6 Å². The number of nitriles is 1. The number of benzene rings is 2. The van der Waals surface area contributed by atoms with Crippen molar-refractivity contribution in [1.29, 1.82) is 5.26 Å². The maximum Gasteiger partial charge on any atom is 0.264 e. The summed E-state index contributed by atoms with van der Waals surface area (Å²) < 4.78 is 0. The minimum atomic E-state index is -0.446. The van der Waals surface area contributed by atoms with Crippen molar-refractivity contribution in [3.63, 3.8) is 0 Å². The van der Waals surface area contributed by atoms with E-state index in [4.69, 9.17) is 0 Å². The summed E-state index contributed by atoms with van der Waals surface area (Å²) in [5.41, 5.74) is 3.13. The van der Waals surface area contributed by atoms with Gasteiger partial charge >= 0.3 is 0 Å². The number of nitrogens with one attached hydrogen (secondary N) is 2. The second-order valence-corrected chi connectivity index (χ2v) is 7.48. The number of carbonyl (C=O) groups excluding carboxylic acids is 2. The highest BCUT2D eigenvalue weighted by Gasteiger charge is 2.27. The fourth-order valence-electron chi connectivity index (χ4n) is 3.35. The van der Waals surface area contributed by atoms with Gasteiger partial charge in [-0.25, -0.2) is 4.99 Å². The highest BCUT2D eigenvalue weighted by atomic mass is 16.2. The van der Waals surface area contributed by atoms with Crippen LogP contribution in [0.2, 0.25) is 0 Å². The molecule has 0 bridgehead atoms. The van der Waals surface area contributed by atoms with Gasteiger partial charge < -0.3 is 10.6 Å². The van der Waals surface area contributed by atoms with Crippen LogP contribution in [0.5, 0.6) is 0 Å². The maximum atomic E-state index is 12.7.